The number of carbonyl (C=O) groups is 2. The third kappa shape index (κ3) is 4.48. The lowest BCUT2D eigenvalue weighted by molar-refractivity contribution is 0.0696. The Hall–Kier alpha value is -3.80. The van der Waals surface area contributed by atoms with Crippen molar-refractivity contribution in [2.45, 2.75) is 0 Å². The lowest BCUT2D eigenvalue weighted by atomic mass is 10.1. The molecule has 6 heteroatoms. The van der Waals surface area contributed by atoms with Gasteiger partial charge in [0.05, 0.1) is 20.5 Å². The highest BCUT2D eigenvalue weighted by Gasteiger charge is 2.14. The van der Waals surface area contributed by atoms with Gasteiger partial charge in [-0.05, 0) is 60.2 Å². The van der Waals surface area contributed by atoms with E-state index in [1.54, 1.807) is 61.7 Å². The van der Waals surface area contributed by atoms with E-state index in [9.17, 15) is 9.59 Å². The van der Waals surface area contributed by atoms with Crippen LogP contribution in [0.1, 0.15) is 26.5 Å². The van der Waals surface area contributed by atoms with Crippen molar-refractivity contribution in [3.8, 4) is 17.2 Å². The number of allylic oxidation sites excluding steroid dienone is 1. The minimum Gasteiger partial charge on any atom is -0.497 e. The van der Waals surface area contributed by atoms with Crippen molar-refractivity contribution in [1.29, 1.82) is 0 Å². The van der Waals surface area contributed by atoms with Gasteiger partial charge >= 0.3 is 5.97 Å². The lowest BCUT2D eigenvalue weighted by Gasteiger charge is -2.09. The number of esters is 1. The van der Waals surface area contributed by atoms with Crippen molar-refractivity contribution in [2.75, 3.05) is 14.2 Å². The van der Waals surface area contributed by atoms with E-state index < -0.39 is 5.97 Å². The van der Waals surface area contributed by atoms with Gasteiger partial charge in [0.25, 0.3) is 0 Å². The third-order valence-corrected chi connectivity index (χ3v) is 3.91. The molecule has 3 aromatic rings. The molecule has 6 nitrogen and oxygen atoms in total. The highest BCUT2D eigenvalue weighted by atomic mass is 16.6. The Kier molecular flexibility index (Phi) is 5.91. The average molecular weight is 378 g/mol. The Bertz CT molecular complexity index is 984. The first-order valence-electron chi connectivity index (χ1n) is 8.41. The summed E-state index contributed by atoms with van der Waals surface area (Å²) in [5.74, 6) is 0.624. The first-order valence-corrected chi connectivity index (χ1v) is 8.41. The molecule has 0 amide bonds. The predicted octanol–water partition coefficient (Wildman–Crippen LogP) is 4.41. The van der Waals surface area contributed by atoms with E-state index in [2.05, 4.69) is 0 Å². The molecule has 28 heavy (non-hydrogen) atoms. The Labute approximate surface area is 162 Å². The number of hydrogen-bond acceptors (Lipinski definition) is 6. The van der Waals surface area contributed by atoms with Crippen LogP contribution in [0.2, 0.25) is 0 Å². The molecule has 0 bridgehead atoms. The van der Waals surface area contributed by atoms with Crippen LogP contribution in [-0.2, 0) is 0 Å². The maximum Gasteiger partial charge on any atom is 0.379 e. The molecule has 0 saturated heterocycles. The summed E-state index contributed by atoms with van der Waals surface area (Å²) in [4.78, 5) is 24.3. The van der Waals surface area contributed by atoms with Crippen molar-refractivity contribution in [3.63, 3.8) is 0 Å². The third-order valence-electron chi connectivity index (χ3n) is 3.91. The molecule has 0 aliphatic heterocycles. The maximum absolute atomic E-state index is 12.3. The van der Waals surface area contributed by atoms with Crippen LogP contribution in [0.25, 0.3) is 6.08 Å². The molecule has 0 atom stereocenters. The van der Waals surface area contributed by atoms with Crippen molar-refractivity contribution in [2.24, 2.45) is 0 Å². The summed E-state index contributed by atoms with van der Waals surface area (Å²) in [6.07, 6.45) is 4.51. The second-order valence-corrected chi connectivity index (χ2v) is 5.70. The van der Waals surface area contributed by atoms with Gasteiger partial charge in [0.15, 0.2) is 17.3 Å². The molecule has 3 rings (SSSR count). The van der Waals surface area contributed by atoms with Crippen molar-refractivity contribution in [1.82, 2.24) is 0 Å². The normalized spacial score (nSPS) is 10.6. The zero-order chi connectivity index (χ0) is 19.9. The SMILES string of the molecule is COc1ccc(C(=O)C=Cc2ccc(OC(=O)c3ccco3)c(OC)c2)cc1. The van der Waals surface area contributed by atoms with E-state index in [0.717, 1.165) is 5.56 Å². The maximum atomic E-state index is 12.3. The van der Waals surface area contributed by atoms with Crippen molar-refractivity contribution in [3.05, 3.63) is 83.8 Å². The Balaban J connectivity index is 1.72. The molecular weight excluding hydrogens is 360 g/mol. The Morgan fingerprint density at radius 3 is 2.36 bits per heavy atom. The molecule has 0 unspecified atom stereocenters. The van der Waals surface area contributed by atoms with Crippen LogP contribution in [0.3, 0.4) is 0 Å². The number of furan rings is 1. The van der Waals surface area contributed by atoms with Gasteiger partial charge in [0, 0.05) is 5.56 Å². The fourth-order valence-electron chi connectivity index (χ4n) is 2.44. The minimum atomic E-state index is -0.624. The summed E-state index contributed by atoms with van der Waals surface area (Å²) in [5, 5.41) is 0. The van der Waals surface area contributed by atoms with Gasteiger partial charge in [-0.1, -0.05) is 12.1 Å². The zero-order valence-corrected chi connectivity index (χ0v) is 15.4. The topological polar surface area (TPSA) is 75.0 Å². The first-order chi connectivity index (χ1) is 13.6. The molecule has 0 aliphatic rings. The number of benzene rings is 2. The molecule has 2 aromatic carbocycles. The average Bonchev–Trinajstić information content (AvgIpc) is 3.28. The largest absolute Gasteiger partial charge is 0.497 e. The summed E-state index contributed by atoms with van der Waals surface area (Å²) in [5.41, 5.74) is 1.27. The number of ketones is 1. The molecule has 142 valence electrons. The standard InChI is InChI=1S/C22H18O6/c1-25-17-9-7-16(8-10-17)18(23)11-5-15-6-12-19(21(14-15)26-2)28-22(24)20-4-3-13-27-20/h3-14H,1-2H3. The summed E-state index contributed by atoms with van der Waals surface area (Å²) >= 11 is 0. The van der Waals surface area contributed by atoms with Crippen LogP contribution in [0.15, 0.2) is 71.4 Å². The zero-order valence-electron chi connectivity index (χ0n) is 15.4. The highest BCUT2D eigenvalue weighted by Crippen LogP contribution is 2.29. The van der Waals surface area contributed by atoms with E-state index in [0.29, 0.717) is 17.1 Å². The molecule has 1 heterocycles. The second kappa shape index (κ2) is 8.73. The smallest absolute Gasteiger partial charge is 0.379 e. The van der Waals surface area contributed by atoms with E-state index in [1.807, 2.05) is 0 Å². The van der Waals surface area contributed by atoms with Gasteiger partial charge in [-0.2, -0.15) is 0 Å². The number of ether oxygens (including phenoxy) is 3. The second-order valence-electron chi connectivity index (χ2n) is 5.70. The van der Waals surface area contributed by atoms with Crippen LogP contribution in [-0.4, -0.2) is 26.0 Å². The minimum absolute atomic E-state index is 0.0936. The molecule has 0 aliphatic carbocycles. The number of rotatable bonds is 7. The van der Waals surface area contributed by atoms with E-state index in [1.165, 1.54) is 25.5 Å². The monoisotopic (exact) mass is 378 g/mol. The molecule has 1 aromatic heterocycles. The quantitative estimate of drug-likeness (QED) is 0.262. The van der Waals surface area contributed by atoms with Gasteiger partial charge in [-0.15, -0.1) is 0 Å². The Morgan fingerprint density at radius 2 is 1.71 bits per heavy atom. The van der Waals surface area contributed by atoms with Gasteiger partial charge in [0.1, 0.15) is 5.75 Å². The van der Waals surface area contributed by atoms with Gasteiger partial charge in [0.2, 0.25) is 5.76 Å². The highest BCUT2D eigenvalue weighted by molar-refractivity contribution is 6.06. The summed E-state index contributed by atoms with van der Waals surface area (Å²) < 4.78 is 20.7. The van der Waals surface area contributed by atoms with Gasteiger partial charge in [-0.3, -0.25) is 4.79 Å². The van der Waals surface area contributed by atoms with E-state index in [4.69, 9.17) is 18.6 Å². The van der Waals surface area contributed by atoms with E-state index >= 15 is 0 Å². The molecular formula is C22H18O6. The van der Waals surface area contributed by atoms with Crippen LogP contribution in [0.4, 0.5) is 0 Å². The molecule has 0 spiro atoms. The van der Waals surface area contributed by atoms with Crippen LogP contribution < -0.4 is 14.2 Å². The summed E-state index contributed by atoms with van der Waals surface area (Å²) in [6.45, 7) is 0. The molecule has 0 saturated carbocycles. The number of carbonyl (C=O) groups excluding carboxylic acids is 2. The Morgan fingerprint density at radius 1 is 0.929 bits per heavy atom. The van der Waals surface area contributed by atoms with Gasteiger partial charge in [-0.25, -0.2) is 4.79 Å². The van der Waals surface area contributed by atoms with E-state index in [-0.39, 0.29) is 17.3 Å². The van der Waals surface area contributed by atoms with Crippen molar-refractivity contribution >= 4 is 17.8 Å². The molecule has 0 N–H and O–H groups in total. The number of hydrogen-bond donors (Lipinski definition) is 0. The van der Waals surface area contributed by atoms with Crippen LogP contribution >= 0.6 is 0 Å². The summed E-state index contributed by atoms with van der Waals surface area (Å²) in [7, 11) is 3.04. The lowest BCUT2D eigenvalue weighted by Crippen LogP contribution is -2.08. The first kappa shape index (κ1) is 19.0. The molecule has 0 fully saturated rings. The predicted molar refractivity (Wildman–Crippen MR) is 103 cm³/mol. The summed E-state index contributed by atoms with van der Waals surface area (Å²) in [6, 6.07) is 14.9. The van der Waals surface area contributed by atoms with Crippen LogP contribution in [0, 0.1) is 0 Å². The number of methoxy groups -OCH3 is 2. The van der Waals surface area contributed by atoms with Gasteiger partial charge < -0.3 is 18.6 Å². The van der Waals surface area contributed by atoms with Crippen molar-refractivity contribution < 1.29 is 28.2 Å². The fraction of sp³-hybridized carbons (Fsp3) is 0.0909. The van der Waals surface area contributed by atoms with Crippen LogP contribution in [0.5, 0.6) is 17.2 Å². The molecule has 0 radical (unpaired) electrons. The fourth-order valence-corrected chi connectivity index (χ4v) is 2.44.